The number of anilines is 1. The summed E-state index contributed by atoms with van der Waals surface area (Å²) >= 11 is 6.10. The molecular formula is C21H21ClN2O4. The minimum atomic E-state index is -1.37. The molecule has 146 valence electrons. The van der Waals surface area contributed by atoms with E-state index < -0.39 is 17.9 Å². The summed E-state index contributed by atoms with van der Waals surface area (Å²) in [5.74, 6) is -3.39. The van der Waals surface area contributed by atoms with Crippen molar-refractivity contribution >= 4 is 40.1 Å². The second-order valence-electron chi connectivity index (χ2n) is 7.74. The standard InChI is InChI=1S/C21H21ClN2O4/c22-13-2-4-14-16(9-13)24-17-8-11-5-10(1-3-15(20(25)26)21(27)28)6-12(7-11)18(17)19(14)23/h2,4-5,9,11-12,15H,1,3,6-8H2,(H2,23,24)(H,25,26)(H,27,28). The van der Waals surface area contributed by atoms with Crippen molar-refractivity contribution in [1.82, 2.24) is 4.98 Å². The van der Waals surface area contributed by atoms with Gasteiger partial charge in [-0.25, -0.2) is 0 Å². The van der Waals surface area contributed by atoms with E-state index in [0.717, 1.165) is 52.7 Å². The molecule has 2 unspecified atom stereocenters. The first kappa shape index (κ1) is 18.7. The van der Waals surface area contributed by atoms with Gasteiger partial charge in [0.1, 0.15) is 0 Å². The Hall–Kier alpha value is -2.60. The van der Waals surface area contributed by atoms with Crippen LogP contribution in [0.4, 0.5) is 5.69 Å². The van der Waals surface area contributed by atoms with E-state index in [1.54, 1.807) is 0 Å². The summed E-state index contributed by atoms with van der Waals surface area (Å²) in [6, 6.07) is 5.54. The summed E-state index contributed by atoms with van der Waals surface area (Å²) in [6.07, 6.45) is 5.29. The molecule has 6 nitrogen and oxygen atoms in total. The number of hydrogen-bond acceptors (Lipinski definition) is 4. The summed E-state index contributed by atoms with van der Waals surface area (Å²) in [5, 5.41) is 19.7. The molecule has 4 N–H and O–H groups in total. The highest BCUT2D eigenvalue weighted by atomic mass is 35.5. The summed E-state index contributed by atoms with van der Waals surface area (Å²) in [7, 11) is 0. The Morgan fingerprint density at radius 3 is 2.71 bits per heavy atom. The summed E-state index contributed by atoms with van der Waals surface area (Å²) in [4.78, 5) is 27.1. The fourth-order valence-corrected chi connectivity index (χ4v) is 4.82. The van der Waals surface area contributed by atoms with Gasteiger partial charge in [-0.15, -0.1) is 0 Å². The summed E-state index contributed by atoms with van der Waals surface area (Å²) in [6.45, 7) is 0. The number of fused-ring (bicyclic) bond motifs is 5. The third-order valence-electron chi connectivity index (χ3n) is 5.89. The molecule has 2 aliphatic rings. The fourth-order valence-electron chi connectivity index (χ4n) is 4.66. The molecule has 2 atom stereocenters. The van der Waals surface area contributed by atoms with Crippen LogP contribution in [0.25, 0.3) is 10.9 Å². The molecule has 0 radical (unpaired) electrons. The van der Waals surface area contributed by atoms with Crippen LogP contribution in [0.3, 0.4) is 0 Å². The molecule has 4 rings (SSSR count). The average Bonchev–Trinajstić information content (AvgIpc) is 2.60. The number of carboxylic acids is 2. The van der Waals surface area contributed by atoms with Crippen molar-refractivity contribution in [2.75, 3.05) is 5.73 Å². The van der Waals surface area contributed by atoms with Crippen LogP contribution in [-0.2, 0) is 16.0 Å². The van der Waals surface area contributed by atoms with Crippen LogP contribution < -0.4 is 5.73 Å². The molecule has 2 bridgehead atoms. The predicted octanol–water partition coefficient (Wildman–Crippen LogP) is 4.01. The first-order valence-corrected chi connectivity index (χ1v) is 9.74. The highest BCUT2D eigenvalue weighted by Gasteiger charge is 2.34. The number of allylic oxidation sites excluding steroid dienone is 2. The van der Waals surface area contributed by atoms with Gasteiger partial charge in [-0.05, 0) is 62.1 Å². The number of nitrogens with zero attached hydrogens (tertiary/aromatic N) is 1. The fraction of sp³-hybridized carbons (Fsp3) is 0.381. The van der Waals surface area contributed by atoms with Crippen molar-refractivity contribution in [3.63, 3.8) is 0 Å². The largest absolute Gasteiger partial charge is 0.481 e. The van der Waals surface area contributed by atoms with Gasteiger partial charge in [0, 0.05) is 27.4 Å². The number of carboxylic acid groups (broad SMARTS) is 2. The molecule has 1 aromatic heterocycles. The molecule has 2 aromatic rings. The summed E-state index contributed by atoms with van der Waals surface area (Å²) in [5.41, 5.74) is 11.3. The molecule has 0 fully saturated rings. The number of nitrogens with two attached hydrogens (primary N) is 1. The van der Waals surface area contributed by atoms with Gasteiger partial charge in [-0.2, -0.15) is 0 Å². The van der Waals surface area contributed by atoms with Crippen LogP contribution >= 0.6 is 11.6 Å². The number of nitrogen functional groups attached to an aromatic ring is 1. The molecule has 0 amide bonds. The second kappa shape index (κ2) is 7.09. The predicted molar refractivity (Wildman–Crippen MR) is 106 cm³/mol. The zero-order chi connectivity index (χ0) is 20.0. The van der Waals surface area contributed by atoms with E-state index in [9.17, 15) is 9.59 Å². The Bertz CT molecular complexity index is 1000. The number of hydrogen-bond donors (Lipinski definition) is 3. The quantitative estimate of drug-likeness (QED) is 0.516. The molecule has 1 aromatic carbocycles. The van der Waals surface area contributed by atoms with Crippen molar-refractivity contribution in [1.29, 1.82) is 0 Å². The lowest BCUT2D eigenvalue weighted by molar-refractivity contribution is -0.154. The van der Waals surface area contributed by atoms with Gasteiger partial charge < -0.3 is 15.9 Å². The second-order valence-corrected chi connectivity index (χ2v) is 8.18. The Labute approximate surface area is 167 Å². The minimum Gasteiger partial charge on any atom is -0.481 e. The highest BCUT2D eigenvalue weighted by Crippen LogP contribution is 2.47. The van der Waals surface area contributed by atoms with Crippen LogP contribution in [0.15, 0.2) is 29.8 Å². The Morgan fingerprint density at radius 1 is 1.25 bits per heavy atom. The van der Waals surface area contributed by atoms with Crippen molar-refractivity contribution in [2.24, 2.45) is 11.8 Å². The number of benzene rings is 1. The molecule has 1 heterocycles. The molecule has 7 heteroatoms. The average molecular weight is 401 g/mol. The Kier molecular flexibility index (Phi) is 4.75. The molecule has 0 spiro atoms. The maximum absolute atomic E-state index is 11.1. The Morgan fingerprint density at radius 2 is 2.00 bits per heavy atom. The number of pyridine rings is 1. The number of carbonyl (C=O) groups is 2. The van der Waals surface area contributed by atoms with E-state index in [1.165, 1.54) is 0 Å². The summed E-state index contributed by atoms with van der Waals surface area (Å²) < 4.78 is 0. The SMILES string of the molecule is Nc1c2c(nc3cc(Cl)ccc13)CC1C=C(CCC(C(=O)O)C(=O)O)CC2C1. The van der Waals surface area contributed by atoms with Crippen LogP contribution in [-0.4, -0.2) is 27.1 Å². The lowest BCUT2D eigenvalue weighted by Crippen LogP contribution is -2.26. The lowest BCUT2D eigenvalue weighted by Gasteiger charge is -2.36. The number of rotatable bonds is 5. The first-order chi connectivity index (χ1) is 13.3. The lowest BCUT2D eigenvalue weighted by atomic mass is 9.70. The zero-order valence-electron chi connectivity index (χ0n) is 15.2. The van der Waals surface area contributed by atoms with Crippen molar-refractivity contribution < 1.29 is 19.8 Å². The van der Waals surface area contributed by atoms with Crippen LogP contribution in [0.1, 0.15) is 42.9 Å². The van der Waals surface area contributed by atoms with E-state index in [0.29, 0.717) is 17.4 Å². The van der Waals surface area contributed by atoms with Crippen molar-refractivity contribution in [3.05, 3.63) is 46.1 Å². The normalized spacial score (nSPS) is 20.7. The van der Waals surface area contributed by atoms with E-state index in [4.69, 9.17) is 32.5 Å². The molecule has 0 saturated heterocycles. The third kappa shape index (κ3) is 3.33. The van der Waals surface area contributed by atoms with Gasteiger partial charge in [-0.1, -0.05) is 23.3 Å². The van der Waals surface area contributed by atoms with Gasteiger partial charge in [-0.3, -0.25) is 14.6 Å². The first-order valence-electron chi connectivity index (χ1n) is 9.36. The number of halogens is 1. The van der Waals surface area contributed by atoms with E-state index in [-0.39, 0.29) is 12.3 Å². The van der Waals surface area contributed by atoms with Gasteiger partial charge in [0.2, 0.25) is 0 Å². The number of aliphatic carboxylic acids is 2. The highest BCUT2D eigenvalue weighted by molar-refractivity contribution is 6.31. The Balaban J connectivity index is 1.61. The topological polar surface area (TPSA) is 114 Å². The molecule has 0 aliphatic heterocycles. The van der Waals surface area contributed by atoms with Crippen LogP contribution in [0, 0.1) is 11.8 Å². The van der Waals surface area contributed by atoms with Crippen molar-refractivity contribution in [2.45, 2.75) is 38.0 Å². The van der Waals surface area contributed by atoms with Gasteiger partial charge in [0.05, 0.1) is 5.52 Å². The van der Waals surface area contributed by atoms with Crippen LogP contribution in [0.2, 0.25) is 5.02 Å². The van der Waals surface area contributed by atoms with Crippen molar-refractivity contribution in [3.8, 4) is 0 Å². The van der Waals surface area contributed by atoms with E-state index in [2.05, 4.69) is 6.08 Å². The van der Waals surface area contributed by atoms with Crippen LogP contribution in [0.5, 0.6) is 0 Å². The van der Waals surface area contributed by atoms with E-state index in [1.807, 2.05) is 18.2 Å². The molecule has 28 heavy (non-hydrogen) atoms. The third-order valence-corrected chi connectivity index (χ3v) is 6.12. The molecule has 0 saturated carbocycles. The van der Waals surface area contributed by atoms with E-state index >= 15 is 0 Å². The van der Waals surface area contributed by atoms with Gasteiger partial charge >= 0.3 is 11.9 Å². The maximum Gasteiger partial charge on any atom is 0.317 e. The number of aromatic nitrogens is 1. The van der Waals surface area contributed by atoms with Gasteiger partial charge in [0.15, 0.2) is 5.92 Å². The molecule has 2 aliphatic carbocycles. The minimum absolute atomic E-state index is 0.104. The molecular weight excluding hydrogens is 380 g/mol. The van der Waals surface area contributed by atoms with Gasteiger partial charge in [0.25, 0.3) is 0 Å². The monoisotopic (exact) mass is 400 g/mol. The smallest absolute Gasteiger partial charge is 0.317 e. The maximum atomic E-state index is 11.1. The zero-order valence-corrected chi connectivity index (χ0v) is 15.9.